The number of aromatic nitrogens is 4. The van der Waals surface area contributed by atoms with E-state index in [9.17, 15) is 0 Å². The first kappa shape index (κ1) is 38.6. The third kappa shape index (κ3) is 5.80. The highest BCUT2D eigenvalue weighted by Gasteiger charge is 2.25. The molecule has 15 rings (SSSR count). The molecule has 6 nitrogen and oxygen atoms in total. The van der Waals surface area contributed by atoms with E-state index in [1.165, 1.54) is 26.9 Å². The van der Waals surface area contributed by atoms with Crippen LogP contribution in [-0.4, -0.2) is 19.9 Å². The number of rotatable bonds is 5. The molecule has 15 aromatic rings. The molecular formula is C64H36N4O2. The zero-order valence-electron chi connectivity index (χ0n) is 37.4. The van der Waals surface area contributed by atoms with E-state index in [0.29, 0.717) is 17.5 Å². The Morgan fingerprint density at radius 2 is 0.800 bits per heavy atom. The van der Waals surface area contributed by atoms with Crippen molar-refractivity contribution in [1.82, 2.24) is 19.9 Å². The maximum atomic E-state index is 6.79. The van der Waals surface area contributed by atoms with Crippen LogP contribution in [0.15, 0.2) is 227 Å². The van der Waals surface area contributed by atoms with E-state index >= 15 is 0 Å². The van der Waals surface area contributed by atoms with Crippen LogP contribution in [0.4, 0.5) is 0 Å². The molecule has 4 aromatic heterocycles. The molecule has 0 aliphatic rings. The highest BCUT2D eigenvalue weighted by molar-refractivity contribution is 6.30. The highest BCUT2D eigenvalue weighted by Crippen LogP contribution is 2.49. The van der Waals surface area contributed by atoms with Crippen LogP contribution in [0.3, 0.4) is 0 Å². The maximum absolute atomic E-state index is 6.79. The number of furan rings is 2. The molecule has 6 heteroatoms. The van der Waals surface area contributed by atoms with Crippen molar-refractivity contribution in [3.8, 4) is 56.5 Å². The van der Waals surface area contributed by atoms with Crippen LogP contribution in [0.5, 0.6) is 0 Å². The van der Waals surface area contributed by atoms with Crippen molar-refractivity contribution in [2.45, 2.75) is 0 Å². The van der Waals surface area contributed by atoms with Crippen LogP contribution >= 0.6 is 0 Å². The Morgan fingerprint density at radius 3 is 1.54 bits per heavy atom. The van der Waals surface area contributed by atoms with Gasteiger partial charge >= 0.3 is 0 Å². The van der Waals surface area contributed by atoms with E-state index in [4.69, 9.17) is 28.8 Å². The van der Waals surface area contributed by atoms with E-state index in [1.54, 1.807) is 0 Å². The number of nitrogens with zero attached hydrogens (tertiary/aromatic N) is 4. The Hall–Kier alpha value is -9.52. The lowest BCUT2D eigenvalue weighted by molar-refractivity contribution is 0.669. The van der Waals surface area contributed by atoms with E-state index < -0.39 is 0 Å². The molecule has 0 bridgehead atoms. The minimum atomic E-state index is 0.566. The quantitative estimate of drug-likeness (QED) is 0.160. The summed E-state index contributed by atoms with van der Waals surface area (Å²) in [5.74, 6) is 1.76. The fourth-order valence-corrected chi connectivity index (χ4v) is 11.0. The van der Waals surface area contributed by atoms with E-state index in [0.717, 1.165) is 110 Å². The third-order valence-corrected chi connectivity index (χ3v) is 14.1. The minimum absolute atomic E-state index is 0.566. The lowest BCUT2D eigenvalue weighted by Crippen LogP contribution is -2.00. The summed E-state index contributed by atoms with van der Waals surface area (Å²) in [6.07, 6.45) is 0. The molecule has 0 N–H and O–H groups in total. The number of para-hydroxylation sites is 4. The topological polar surface area (TPSA) is 77.8 Å². The van der Waals surface area contributed by atoms with Gasteiger partial charge in [-0.25, -0.2) is 19.9 Å². The van der Waals surface area contributed by atoms with Gasteiger partial charge in [0.1, 0.15) is 22.3 Å². The SMILES string of the molecule is c1ccc(-c2nc(-c3cccc(-c4nc5ccccc5c5c(-c6cccc7c6oc6ccccc67)c6c(cc45)oc4ccccc46)c3)nc(-c3ccc4c5ccccc5c5ccccc5c4c3)n2)cc1. The van der Waals surface area contributed by atoms with Crippen LogP contribution in [0.25, 0.3) is 154 Å². The van der Waals surface area contributed by atoms with Crippen molar-refractivity contribution < 1.29 is 8.83 Å². The Labute approximate surface area is 399 Å². The third-order valence-electron chi connectivity index (χ3n) is 14.1. The average Bonchev–Trinajstić information content (AvgIpc) is 4.01. The second-order valence-corrected chi connectivity index (χ2v) is 18.0. The standard InChI is InChI=1S/C64H36N4O2/c1-2-16-37(17-3-1)62-66-63(68-64(67-62)40-32-33-45-43-22-5-4-20-41(43)42-21-6-7-23-44(42)51(45)35-40)39-19-14-18-38(34-39)60-52-36-56-58(49-26-10-13-31-55(49)69-56)59(57(52)48-25-8-11-29-53(48)65-60)50-28-15-27-47-46-24-9-12-30-54(46)70-61(47)50/h1-36H. The fraction of sp³-hybridized carbons (Fsp3) is 0. The van der Waals surface area contributed by atoms with Gasteiger partial charge in [-0.15, -0.1) is 0 Å². The predicted molar refractivity (Wildman–Crippen MR) is 287 cm³/mol. The first-order valence-electron chi connectivity index (χ1n) is 23.5. The van der Waals surface area contributed by atoms with Crippen molar-refractivity contribution in [1.29, 1.82) is 0 Å². The summed E-state index contributed by atoms with van der Waals surface area (Å²) in [6.45, 7) is 0. The molecule has 0 saturated heterocycles. The molecule has 0 unspecified atom stereocenters. The molecule has 0 amide bonds. The van der Waals surface area contributed by atoms with Gasteiger partial charge in [-0.1, -0.05) is 182 Å². The number of benzene rings is 11. The number of hydrogen-bond acceptors (Lipinski definition) is 6. The smallest absolute Gasteiger partial charge is 0.164 e. The van der Waals surface area contributed by atoms with Gasteiger partial charge in [0.2, 0.25) is 0 Å². The van der Waals surface area contributed by atoms with Gasteiger partial charge < -0.3 is 8.83 Å². The molecule has 0 saturated carbocycles. The largest absolute Gasteiger partial charge is 0.456 e. The van der Waals surface area contributed by atoms with Crippen molar-refractivity contribution in [3.05, 3.63) is 218 Å². The van der Waals surface area contributed by atoms with E-state index in [-0.39, 0.29) is 0 Å². The number of fused-ring (bicyclic) bond motifs is 15. The molecule has 11 aromatic carbocycles. The Bertz CT molecular complexity index is 4630. The Kier molecular flexibility index (Phi) is 8.26. The van der Waals surface area contributed by atoms with Gasteiger partial charge in [0.25, 0.3) is 0 Å². The molecule has 4 heterocycles. The van der Waals surface area contributed by atoms with Crippen molar-refractivity contribution in [3.63, 3.8) is 0 Å². The summed E-state index contributed by atoms with van der Waals surface area (Å²) in [6, 6.07) is 76.1. The van der Waals surface area contributed by atoms with Gasteiger partial charge in [-0.3, -0.25) is 0 Å². The zero-order valence-corrected chi connectivity index (χ0v) is 37.4. The molecule has 0 radical (unpaired) electrons. The molecule has 0 spiro atoms. The van der Waals surface area contributed by atoms with Gasteiger partial charge in [-0.05, 0) is 68.7 Å². The van der Waals surface area contributed by atoms with Gasteiger partial charge in [0.15, 0.2) is 17.5 Å². The van der Waals surface area contributed by atoms with Crippen LogP contribution < -0.4 is 0 Å². The lowest BCUT2D eigenvalue weighted by Gasteiger charge is -2.16. The van der Waals surface area contributed by atoms with E-state index in [2.05, 4.69) is 164 Å². The van der Waals surface area contributed by atoms with Crippen molar-refractivity contribution in [2.24, 2.45) is 0 Å². The molecule has 70 heavy (non-hydrogen) atoms. The second kappa shape index (κ2) is 15.0. The first-order chi connectivity index (χ1) is 34.7. The minimum Gasteiger partial charge on any atom is -0.456 e. The molecule has 0 fully saturated rings. The summed E-state index contributed by atoms with van der Waals surface area (Å²) < 4.78 is 13.6. The predicted octanol–water partition coefficient (Wildman–Crippen LogP) is 17.2. The highest BCUT2D eigenvalue weighted by atomic mass is 16.3. The monoisotopic (exact) mass is 892 g/mol. The molecule has 0 atom stereocenters. The molecule has 0 aliphatic carbocycles. The summed E-state index contributed by atoms with van der Waals surface area (Å²) in [4.78, 5) is 21.2. The molecule has 0 aliphatic heterocycles. The summed E-state index contributed by atoms with van der Waals surface area (Å²) in [5, 5.41) is 14.5. The normalized spacial score (nSPS) is 12.0. The van der Waals surface area contributed by atoms with Crippen LogP contribution in [0.1, 0.15) is 0 Å². The summed E-state index contributed by atoms with van der Waals surface area (Å²) >= 11 is 0. The summed E-state index contributed by atoms with van der Waals surface area (Å²) in [5.41, 5.74) is 10.6. The Morgan fingerprint density at radius 1 is 0.271 bits per heavy atom. The summed E-state index contributed by atoms with van der Waals surface area (Å²) in [7, 11) is 0. The van der Waals surface area contributed by atoms with Crippen LogP contribution in [0.2, 0.25) is 0 Å². The van der Waals surface area contributed by atoms with Crippen LogP contribution in [0, 0.1) is 0 Å². The van der Waals surface area contributed by atoms with Gasteiger partial charge in [0, 0.05) is 71.1 Å². The lowest BCUT2D eigenvalue weighted by atomic mass is 9.88. The molecule has 324 valence electrons. The number of pyridine rings is 1. The van der Waals surface area contributed by atoms with Gasteiger partial charge in [-0.2, -0.15) is 0 Å². The molecular weight excluding hydrogens is 857 g/mol. The zero-order chi connectivity index (χ0) is 45.9. The van der Waals surface area contributed by atoms with Crippen molar-refractivity contribution >= 4 is 97.9 Å². The van der Waals surface area contributed by atoms with Crippen LogP contribution in [-0.2, 0) is 0 Å². The van der Waals surface area contributed by atoms with Crippen molar-refractivity contribution in [2.75, 3.05) is 0 Å². The average molecular weight is 893 g/mol. The second-order valence-electron chi connectivity index (χ2n) is 18.0. The van der Waals surface area contributed by atoms with Gasteiger partial charge in [0.05, 0.1) is 11.2 Å². The van der Waals surface area contributed by atoms with E-state index in [1.807, 2.05) is 54.6 Å². The fourth-order valence-electron chi connectivity index (χ4n) is 11.0. The Balaban J connectivity index is 0.975. The number of hydrogen-bond donors (Lipinski definition) is 0. The first-order valence-corrected chi connectivity index (χ1v) is 23.5. The maximum Gasteiger partial charge on any atom is 0.164 e.